The number of benzene rings is 1. The van der Waals surface area contributed by atoms with E-state index in [1.54, 1.807) is 16.8 Å². The van der Waals surface area contributed by atoms with Gasteiger partial charge in [0, 0.05) is 11.9 Å². The van der Waals surface area contributed by atoms with E-state index >= 15 is 0 Å². The molecule has 0 amide bonds. The molecule has 1 N–H and O–H groups in total. The summed E-state index contributed by atoms with van der Waals surface area (Å²) in [5.74, 6) is 1.47. The van der Waals surface area contributed by atoms with Gasteiger partial charge in [-0.15, -0.1) is 11.3 Å². The van der Waals surface area contributed by atoms with Gasteiger partial charge >= 0.3 is 0 Å². The van der Waals surface area contributed by atoms with Gasteiger partial charge in [-0.05, 0) is 47.6 Å². The molecule has 108 valence electrons. The van der Waals surface area contributed by atoms with E-state index in [2.05, 4.69) is 26.2 Å². The Hall–Kier alpha value is -1.11. The van der Waals surface area contributed by atoms with E-state index in [0.717, 1.165) is 33.8 Å². The Balaban J connectivity index is 2.20. The summed E-state index contributed by atoms with van der Waals surface area (Å²) in [5, 5.41) is 5.10. The van der Waals surface area contributed by atoms with Crippen molar-refractivity contribution in [3.8, 4) is 11.5 Å². The van der Waals surface area contributed by atoms with E-state index in [4.69, 9.17) is 9.47 Å². The van der Waals surface area contributed by atoms with Gasteiger partial charge in [0.1, 0.15) is 6.61 Å². The second-order valence-corrected chi connectivity index (χ2v) is 5.71. The van der Waals surface area contributed by atoms with Crippen molar-refractivity contribution in [2.45, 2.75) is 20.1 Å². The van der Waals surface area contributed by atoms with E-state index < -0.39 is 0 Å². The first-order valence-corrected chi connectivity index (χ1v) is 8.07. The fourth-order valence-electron chi connectivity index (χ4n) is 1.79. The number of thiazole rings is 1. The molecule has 1 aromatic heterocycles. The second kappa shape index (κ2) is 7.61. The number of hydrogen-bond acceptors (Lipinski definition) is 5. The minimum Gasteiger partial charge on any atom is -0.490 e. The van der Waals surface area contributed by atoms with Crippen LogP contribution in [0.2, 0.25) is 0 Å². The molecule has 0 aliphatic heterocycles. The number of rotatable bonds is 7. The van der Waals surface area contributed by atoms with Crippen molar-refractivity contribution in [2.75, 3.05) is 13.7 Å². The van der Waals surface area contributed by atoms with Crippen molar-refractivity contribution in [1.29, 1.82) is 0 Å². The summed E-state index contributed by atoms with van der Waals surface area (Å²) in [4.78, 5) is 4.21. The topological polar surface area (TPSA) is 43.4 Å². The predicted octanol–water partition coefficient (Wildman–Crippen LogP) is 3.60. The molecule has 0 saturated heterocycles. The summed E-state index contributed by atoms with van der Waals surface area (Å²) in [6.07, 6.45) is 0. The standard InChI is InChI=1S/C14H17BrN2O2S/c1-3-18-13-5-10(6-16-2)4-12(15)14(13)19-7-11-8-20-9-17-11/h4-5,8-9,16H,3,6-7H2,1-2H3. The van der Waals surface area contributed by atoms with Crippen LogP contribution in [0.15, 0.2) is 27.5 Å². The zero-order valence-corrected chi connectivity index (χ0v) is 13.9. The van der Waals surface area contributed by atoms with Gasteiger partial charge in [0.15, 0.2) is 11.5 Å². The summed E-state index contributed by atoms with van der Waals surface area (Å²) in [7, 11) is 1.92. The molecule has 20 heavy (non-hydrogen) atoms. The third kappa shape index (κ3) is 3.94. The zero-order chi connectivity index (χ0) is 14.4. The van der Waals surface area contributed by atoms with Crippen LogP contribution in [0.5, 0.6) is 11.5 Å². The molecule has 0 aliphatic carbocycles. The van der Waals surface area contributed by atoms with Crippen LogP contribution in [-0.4, -0.2) is 18.6 Å². The molecule has 2 rings (SSSR count). The minimum atomic E-state index is 0.438. The normalized spacial score (nSPS) is 10.6. The number of nitrogens with zero attached hydrogens (tertiary/aromatic N) is 1. The number of halogens is 1. The predicted molar refractivity (Wildman–Crippen MR) is 84.5 cm³/mol. The average molecular weight is 357 g/mol. The first-order chi connectivity index (χ1) is 9.74. The maximum Gasteiger partial charge on any atom is 0.175 e. The fourth-order valence-corrected chi connectivity index (χ4v) is 2.93. The van der Waals surface area contributed by atoms with Gasteiger partial charge in [-0.2, -0.15) is 0 Å². The smallest absolute Gasteiger partial charge is 0.175 e. The molecule has 1 aromatic carbocycles. The fraction of sp³-hybridized carbons (Fsp3) is 0.357. The van der Waals surface area contributed by atoms with Crippen molar-refractivity contribution in [2.24, 2.45) is 0 Å². The van der Waals surface area contributed by atoms with Crippen LogP contribution in [0.1, 0.15) is 18.2 Å². The minimum absolute atomic E-state index is 0.438. The highest BCUT2D eigenvalue weighted by atomic mass is 79.9. The van der Waals surface area contributed by atoms with Crippen molar-refractivity contribution in [3.63, 3.8) is 0 Å². The Morgan fingerprint density at radius 1 is 1.35 bits per heavy atom. The van der Waals surface area contributed by atoms with E-state index in [-0.39, 0.29) is 0 Å². The molecule has 0 bridgehead atoms. The molecular formula is C14H17BrN2O2S. The number of nitrogens with one attached hydrogen (secondary N) is 1. The molecule has 0 spiro atoms. The third-order valence-electron chi connectivity index (χ3n) is 2.60. The lowest BCUT2D eigenvalue weighted by molar-refractivity contribution is 0.265. The first-order valence-electron chi connectivity index (χ1n) is 6.34. The molecule has 2 aromatic rings. The maximum atomic E-state index is 5.85. The molecule has 1 heterocycles. The maximum absolute atomic E-state index is 5.85. The lowest BCUT2D eigenvalue weighted by Crippen LogP contribution is -2.07. The van der Waals surface area contributed by atoms with Gasteiger partial charge in [0.05, 0.1) is 22.3 Å². The average Bonchev–Trinajstić information content (AvgIpc) is 2.92. The Morgan fingerprint density at radius 3 is 2.85 bits per heavy atom. The number of aromatic nitrogens is 1. The van der Waals surface area contributed by atoms with E-state index in [0.29, 0.717) is 13.2 Å². The highest BCUT2D eigenvalue weighted by Gasteiger charge is 2.12. The van der Waals surface area contributed by atoms with Crippen molar-refractivity contribution in [1.82, 2.24) is 10.3 Å². The Morgan fingerprint density at radius 2 is 2.20 bits per heavy atom. The van der Waals surface area contributed by atoms with Crippen LogP contribution in [-0.2, 0) is 13.2 Å². The highest BCUT2D eigenvalue weighted by molar-refractivity contribution is 9.10. The highest BCUT2D eigenvalue weighted by Crippen LogP contribution is 2.37. The molecule has 0 atom stereocenters. The van der Waals surface area contributed by atoms with Gasteiger partial charge in [-0.1, -0.05) is 0 Å². The zero-order valence-electron chi connectivity index (χ0n) is 11.5. The molecule has 4 nitrogen and oxygen atoms in total. The van der Waals surface area contributed by atoms with Crippen LogP contribution in [0.3, 0.4) is 0 Å². The lowest BCUT2D eigenvalue weighted by Gasteiger charge is -2.15. The van der Waals surface area contributed by atoms with Crippen LogP contribution >= 0.6 is 27.3 Å². The van der Waals surface area contributed by atoms with Gasteiger partial charge in [-0.3, -0.25) is 0 Å². The van der Waals surface area contributed by atoms with E-state index in [9.17, 15) is 0 Å². The number of hydrogen-bond donors (Lipinski definition) is 1. The van der Waals surface area contributed by atoms with Crippen molar-refractivity contribution >= 4 is 27.3 Å². The Kier molecular flexibility index (Phi) is 5.82. The van der Waals surface area contributed by atoms with E-state index in [1.807, 2.05) is 31.5 Å². The van der Waals surface area contributed by atoms with Crippen molar-refractivity contribution < 1.29 is 9.47 Å². The largest absolute Gasteiger partial charge is 0.490 e. The quantitative estimate of drug-likeness (QED) is 0.822. The van der Waals surface area contributed by atoms with Crippen LogP contribution in [0.25, 0.3) is 0 Å². The Bertz CT molecular complexity index is 546. The third-order valence-corrected chi connectivity index (χ3v) is 3.82. The molecule has 0 radical (unpaired) electrons. The molecule has 0 saturated carbocycles. The summed E-state index contributed by atoms with van der Waals surface area (Å²) in [5.41, 5.74) is 3.86. The van der Waals surface area contributed by atoms with Crippen LogP contribution in [0.4, 0.5) is 0 Å². The van der Waals surface area contributed by atoms with Gasteiger partial charge in [0.2, 0.25) is 0 Å². The lowest BCUT2D eigenvalue weighted by atomic mass is 10.2. The molecule has 6 heteroatoms. The molecule has 0 aliphatic rings. The molecule has 0 unspecified atom stereocenters. The number of ether oxygens (including phenoxy) is 2. The van der Waals surface area contributed by atoms with Gasteiger partial charge < -0.3 is 14.8 Å². The summed E-state index contributed by atoms with van der Waals surface area (Å²) < 4.78 is 12.4. The van der Waals surface area contributed by atoms with Crippen LogP contribution in [0, 0.1) is 0 Å². The van der Waals surface area contributed by atoms with Crippen LogP contribution < -0.4 is 14.8 Å². The summed E-state index contributed by atoms with van der Waals surface area (Å²) >= 11 is 5.11. The molecule has 0 fully saturated rings. The van der Waals surface area contributed by atoms with Gasteiger partial charge in [0.25, 0.3) is 0 Å². The van der Waals surface area contributed by atoms with Gasteiger partial charge in [-0.25, -0.2) is 4.98 Å². The Labute approximate surface area is 131 Å². The summed E-state index contributed by atoms with van der Waals surface area (Å²) in [6.45, 7) is 3.78. The molecular weight excluding hydrogens is 340 g/mol. The second-order valence-electron chi connectivity index (χ2n) is 4.14. The van der Waals surface area contributed by atoms with Crippen molar-refractivity contribution in [3.05, 3.63) is 38.8 Å². The first kappa shape index (κ1) is 15.3. The summed E-state index contributed by atoms with van der Waals surface area (Å²) in [6, 6.07) is 4.04. The van der Waals surface area contributed by atoms with E-state index in [1.165, 1.54) is 0 Å². The SMILES string of the molecule is CCOc1cc(CNC)cc(Br)c1OCc1cscn1. The monoisotopic (exact) mass is 356 g/mol.